The van der Waals surface area contributed by atoms with E-state index in [0.29, 0.717) is 45.5 Å². The van der Waals surface area contributed by atoms with E-state index in [-0.39, 0.29) is 30.8 Å². The highest BCUT2D eigenvalue weighted by atomic mass is 35.5. The van der Waals surface area contributed by atoms with Gasteiger partial charge in [-0.15, -0.1) is 0 Å². The summed E-state index contributed by atoms with van der Waals surface area (Å²) in [4.78, 5) is 37.7. The SMILES string of the molecule is CC(C)C(=O)NCCc1ccc(NC(=O)/C=C2\CC(C(=O)OCc3ccccc3)Nc3cc(Cl)cc(Cl)c32)cc1. The van der Waals surface area contributed by atoms with E-state index in [2.05, 4.69) is 16.0 Å². The number of carbonyl (C=O) groups is 3. The summed E-state index contributed by atoms with van der Waals surface area (Å²) in [6, 6.07) is 19.4. The molecule has 0 radical (unpaired) electrons. The first-order valence-electron chi connectivity index (χ1n) is 13.0. The number of anilines is 2. The zero-order valence-corrected chi connectivity index (χ0v) is 23.8. The number of esters is 1. The van der Waals surface area contributed by atoms with Gasteiger partial charge >= 0.3 is 5.97 Å². The van der Waals surface area contributed by atoms with Crippen molar-refractivity contribution in [1.29, 1.82) is 0 Å². The molecule has 1 unspecified atom stereocenters. The number of nitrogens with one attached hydrogen (secondary N) is 3. The van der Waals surface area contributed by atoms with Gasteiger partial charge < -0.3 is 20.7 Å². The standard InChI is InChI=1S/C31H31Cl2N3O4/c1-19(2)30(38)34-13-12-20-8-10-24(11-9-20)35-28(37)15-22-14-27(31(39)40-18-21-6-4-3-5-7-21)36-26-17-23(32)16-25(33)29(22)26/h3-11,15-17,19,27,36H,12-14,18H2,1-2H3,(H,34,38)(H,35,37)/b22-15+. The Morgan fingerprint density at radius 2 is 1.75 bits per heavy atom. The maximum Gasteiger partial charge on any atom is 0.329 e. The van der Waals surface area contributed by atoms with Gasteiger partial charge in [-0.2, -0.15) is 0 Å². The Kier molecular flexibility index (Phi) is 9.85. The fourth-order valence-electron chi connectivity index (χ4n) is 4.30. The van der Waals surface area contributed by atoms with Gasteiger partial charge in [-0.25, -0.2) is 4.79 Å². The second-order valence-electron chi connectivity index (χ2n) is 9.86. The highest BCUT2D eigenvalue weighted by Gasteiger charge is 2.30. The highest BCUT2D eigenvalue weighted by molar-refractivity contribution is 6.36. The van der Waals surface area contributed by atoms with Crippen molar-refractivity contribution in [1.82, 2.24) is 5.32 Å². The zero-order chi connectivity index (χ0) is 28.6. The molecule has 0 saturated carbocycles. The Balaban J connectivity index is 1.44. The van der Waals surface area contributed by atoms with Crippen LogP contribution in [0.25, 0.3) is 5.57 Å². The molecule has 0 spiro atoms. The molecule has 0 bridgehead atoms. The first-order chi connectivity index (χ1) is 19.2. The molecular weight excluding hydrogens is 549 g/mol. The minimum atomic E-state index is -0.722. The van der Waals surface area contributed by atoms with Crippen molar-refractivity contribution in [3.05, 3.63) is 99.5 Å². The maximum atomic E-state index is 13.0. The van der Waals surface area contributed by atoms with Crippen LogP contribution in [0.3, 0.4) is 0 Å². The number of halogens is 2. The largest absolute Gasteiger partial charge is 0.459 e. The van der Waals surface area contributed by atoms with Crippen LogP contribution in [0.2, 0.25) is 10.0 Å². The molecule has 0 aliphatic carbocycles. The predicted molar refractivity (Wildman–Crippen MR) is 159 cm³/mol. The Labute approximate surface area is 243 Å². The van der Waals surface area contributed by atoms with Gasteiger partial charge in [-0.05, 0) is 47.4 Å². The molecule has 4 rings (SSSR count). The summed E-state index contributed by atoms with van der Waals surface area (Å²) in [6.45, 7) is 4.39. The summed E-state index contributed by atoms with van der Waals surface area (Å²) in [5, 5.41) is 9.70. The van der Waals surface area contributed by atoms with Gasteiger partial charge in [0.2, 0.25) is 11.8 Å². The van der Waals surface area contributed by atoms with Gasteiger partial charge in [-0.3, -0.25) is 9.59 Å². The number of benzene rings is 3. The number of hydrogen-bond donors (Lipinski definition) is 3. The van der Waals surface area contributed by atoms with E-state index in [4.69, 9.17) is 27.9 Å². The van der Waals surface area contributed by atoms with Gasteiger partial charge in [0.1, 0.15) is 12.6 Å². The monoisotopic (exact) mass is 579 g/mol. The third kappa shape index (κ3) is 7.87. The lowest BCUT2D eigenvalue weighted by Crippen LogP contribution is -2.35. The first-order valence-corrected chi connectivity index (χ1v) is 13.8. The minimum absolute atomic E-state index is 0.0190. The molecule has 1 atom stereocenters. The molecular formula is C31H31Cl2N3O4. The van der Waals surface area contributed by atoms with Crippen molar-refractivity contribution < 1.29 is 19.1 Å². The summed E-state index contributed by atoms with van der Waals surface area (Å²) in [5.74, 6) is -0.842. The smallest absolute Gasteiger partial charge is 0.329 e. The molecule has 208 valence electrons. The van der Waals surface area contributed by atoms with E-state index in [1.54, 1.807) is 12.1 Å². The lowest BCUT2D eigenvalue weighted by molar-refractivity contribution is -0.145. The van der Waals surface area contributed by atoms with Crippen LogP contribution in [0, 0.1) is 5.92 Å². The first kappa shape index (κ1) is 29.2. The van der Waals surface area contributed by atoms with Gasteiger partial charge in [0.15, 0.2) is 0 Å². The Hall–Kier alpha value is -3.81. The van der Waals surface area contributed by atoms with Crippen molar-refractivity contribution in [3.63, 3.8) is 0 Å². The molecule has 2 amide bonds. The van der Waals surface area contributed by atoms with Crippen LogP contribution in [0.5, 0.6) is 0 Å². The van der Waals surface area contributed by atoms with Crippen molar-refractivity contribution in [2.24, 2.45) is 5.92 Å². The van der Waals surface area contributed by atoms with Gasteiger partial charge in [0.05, 0.1) is 5.02 Å². The summed E-state index contributed by atoms with van der Waals surface area (Å²) in [5.41, 5.74) is 4.29. The van der Waals surface area contributed by atoms with Crippen molar-refractivity contribution in [2.75, 3.05) is 17.2 Å². The Morgan fingerprint density at radius 1 is 1.02 bits per heavy atom. The van der Waals surface area contributed by atoms with E-state index in [0.717, 1.165) is 11.1 Å². The number of carbonyl (C=O) groups excluding carboxylic acids is 3. The van der Waals surface area contributed by atoms with E-state index in [1.807, 2.05) is 68.4 Å². The second kappa shape index (κ2) is 13.5. The summed E-state index contributed by atoms with van der Waals surface area (Å²) in [6.07, 6.45) is 2.34. The van der Waals surface area contributed by atoms with Crippen LogP contribution in [-0.2, 0) is 32.1 Å². The van der Waals surface area contributed by atoms with Crippen molar-refractivity contribution in [2.45, 2.75) is 39.3 Å². The number of ether oxygens (including phenoxy) is 1. The Bertz CT molecular complexity index is 1410. The molecule has 0 fully saturated rings. The number of hydrogen-bond acceptors (Lipinski definition) is 5. The van der Waals surface area contributed by atoms with Crippen LogP contribution >= 0.6 is 23.2 Å². The molecule has 3 N–H and O–H groups in total. The Morgan fingerprint density at radius 3 is 2.45 bits per heavy atom. The van der Waals surface area contributed by atoms with E-state index < -0.39 is 12.0 Å². The fraction of sp³-hybridized carbons (Fsp3) is 0.258. The molecule has 9 heteroatoms. The lowest BCUT2D eigenvalue weighted by Gasteiger charge is -2.28. The lowest BCUT2D eigenvalue weighted by atomic mass is 9.91. The second-order valence-corrected chi connectivity index (χ2v) is 10.7. The molecule has 1 aliphatic rings. The molecule has 1 heterocycles. The van der Waals surface area contributed by atoms with Gasteiger partial charge in [0.25, 0.3) is 0 Å². The van der Waals surface area contributed by atoms with Crippen LogP contribution in [-0.4, -0.2) is 30.4 Å². The molecule has 0 saturated heterocycles. The molecule has 40 heavy (non-hydrogen) atoms. The predicted octanol–water partition coefficient (Wildman–Crippen LogP) is 6.26. The highest BCUT2D eigenvalue weighted by Crippen LogP contribution is 2.40. The normalized spacial score (nSPS) is 15.2. The average molecular weight is 581 g/mol. The van der Waals surface area contributed by atoms with Gasteiger partial charge in [0, 0.05) is 46.9 Å². The molecule has 3 aromatic rings. The summed E-state index contributed by atoms with van der Waals surface area (Å²) >= 11 is 12.7. The number of rotatable bonds is 9. The van der Waals surface area contributed by atoms with E-state index in [1.165, 1.54) is 6.08 Å². The van der Waals surface area contributed by atoms with Crippen molar-refractivity contribution >= 4 is 57.9 Å². The molecule has 1 aliphatic heterocycles. The van der Waals surface area contributed by atoms with Crippen LogP contribution in [0.1, 0.15) is 37.0 Å². The fourth-order valence-corrected chi connectivity index (χ4v) is 4.92. The third-order valence-corrected chi connectivity index (χ3v) is 6.92. The molecule has 0 aromatic heterocycles. The third-order valence-electron chi connectivity index (χ3n) is 6.40. The van der Waals surface area contributed by atoms with Crippen LogP contribution < -0.4 is 16.0 Å². The number of amides is 2. The summed E-state index contributed by atoms with van der Waals surface area (Å²) < 4.78 is 5.54. The molecule has 7 nitrogen and oxygen atoms in total. The summed E-state index contributed by atoms with van der Waals surface area (Å²) in [7, 11) is 0. The van der Waals surface area contributed by atoms with Crippen LogP contribution in [0.4, 0.5) is 11.4 Å². The average Bonchev–Trinajstić information content (AvgIpc) is 2.92. The van der Waals surface area contributed by atoms with Crippen molar-refractivity contribution in [3.8, 4) is 0 Å². The van der Waals surface area contributed by atoms with Gasteiger partial charge in [-0.1, -0.05) is 79.5 Å². The van der Waals surface area contributed by atoms with E-state index >= 15 is 0 Å². The topological polar surface area (TPSA) is 96.5 Å². The van der Waals surface area contributed by atoms with Crippen LogP contribution in [0.15, 0.2) is 72.8 Å². The van der Waals surface area contributed by atoms with E-state index in [9.17, 15) is 14.4 Å². The zero-order valence-electron chi connectivity index (χ0n) is 22.3. The maximum absolute atomic E-state index is 13.0. The molecule has 3 aromatic carbocycles. The quantitative estimate of drug-likeness (QED) is 0.205. The number of fused-ring (bicyclic) bond motifs is 1. The minimum Gasteiger partial charge on any atom is -0.459 e.